The molecule has 0 saturated heterocycles. The summed E-state index contributed by atoms with van der Waals surface area (Å²) in [6.07, 6.45) is 0. The van der Waals surface area contributed by atoms with Crippen LogP contribution in [0.4, 0.5) is 5.69 Å². The Bertz CT molecular complexity index is 347. The van der Waals surface area contributed by atoms with Crippen molar-refractivity contribution in [3.8, 4) is 0 Å². The predicted octanol–water partition coefficient (Wildman–Crippen LogP) is 2.29. The van der Waals surface area contributed by atoms with Crippen LogP contribution >= 0.6 is 0 Å². The first-order valence-electron chi connectivity index (χ1n) is 6.69. The van der Waals surface area contributed by atoms with Crippen molar-refractivity contribution < 1.29 is 0 Å². The highest BCUT2D eigenvalue weighted by Crippen LogP contribution is 2.11. The third-order valence-electron chi connectivity index (χ3n) is 2.84. The van der Waals surface area contributed by atoms with E-state index in [-0.39, 0.29) is 0 Å². The second-order valence-corrected chi connectivity index (χ2v) is 5.68. The Labute approximate surface area is 112 Å². The molecular formula is C15H27N3. The van der Waals surface area contributed by atoms with Gasteiger partial charge in [0, 0.05) is 31.9 Å². The van der Waals surface area contributed by atoms with Crippen molar-refractivity contribution in [3.05, 3.63) is 29.8 Å². The number of nitrogens with two attached hydrogens (primary N) is 1. The zero-order valence-electron chi connectivity index (χ0n) is 12.2. The Morgan fingerprint density at radius 3 is 2.44 bits per heavy atom. The van der Waals surface area contributed by atoms with Gasteiger partial charge in [-0.15, -0.1) is 0 Å². The molecule has 3 nitrogen and oxygen atoms in total. The van der Waals surface area contributed by atoms with Gasteiger partial charge in [-0.3, -0.25) is 4.90 Å². The Balaban J connectivity index is 2.59. The number of rotatable bonds is 7. The Morgan fingerprint density at radius 2 is 1.89 bits per heavy atom. The molecule has 18 heavy (non-hydrogen) atoms. The Hall–Kier alpha value is -1.06. The van der Waals surface area contributed by atoms with Gasteiger partial charge in [0.1, 0.15) is 0 Å². The fourth-order valence-electron chi connectivity index (χ4n) is 2.04. The van der Waals surface area contributed by atoms with Gasteiger partial charge in [0.2, 0.25) is 0 Å². The average molecular weight is 249 g/mol. The molecule has 0 heterocycles. The van der Waals surface area contributed by atoms with Crippen molar-refractivity contribution in [2.45, 2.75) is 20.4 Å². The normalized spacial score (nSPS) is 11.7. The minimum Gasteiger partial charge on any atom is -0.399 e. The van der Waals surface area contributed by atoms with Crippen LogP contribution in [0.5, 0.6) is 0 Å². The summed E-state index contributed by atoms with van der Waals surface area (Å²) in [6.45, 7) is 8.83. The van der Waals surface area contributed by atoms with Crippen molar-refractivity contribution >= 4 is 5.69 Å². The van der Waals surface area contributed by atoms with Crippen LogP contribution < -0.4 is 5.73 Å². The number of benzene rings is 1. The minimum absolute atomic E-state index is 0.688. The SMILES string of the molecule is CC(C)CN(CCN(C)C)Cc1cccc(N)c1. The summed E-state index contributed by atoms with van der Waals surface area (Å²) < 4.78 is 0. The van der Waals surface area contributed by atoms with Gasteiger partial charge in [0.05, 0.1) is 0 Å². The van der Waals surface area contributed by atoms with Crippen LogP contribution in [0.3, 0.4) is 0 Å². The molecule has 2 N–H and O–H groups in total. The lowest BCUT2D eigenvalue weighted by atomic mass is 10.1. The van der Waals surface area contributed by atoms with Crippen molar-refractivity contribution in [1.82, 2.24) is 9.80 Å². The van der Waals surface area contributed by atoms with Crippen LogP contribution in [-0.4, -0.2) is 43.5 Å². The van der Waals surface area contributed by atoms with E-state index in [1.807, 2.05) is 12.1 Å². The van der Waals surface area contributed by atoms with Gasteiger partial charge in [-0.25, -0.2) is 0 Å². The molecule has 0 saturated carbocycles. The summed E-state index contributed by atoms with van der Waals surface area (Å²) in [7, 11) is 4.24. The highest BCUT2D eigenvalue weighted by Gasteiger charge is 2.08. The smallest absolute Gasteiger partial charge is 0.0317 e. The van der Waals surface area contributed by atoms with Gasteiger partial charge in [-0.2, -0.15) is 0 Å². The molecule has 0 unspecified atom stereocenters. The van der Waals surface area contributed by atoms with E-state index in [0.29, 0.717) is 5.92 Å². The summed E-state index contributed by atoms with van der Waals surface area (Å²) in [6, 6.07) is 8.20. The van der Waals surface area contributed by atoms with Gasteiger partial charge in [-0.1, -0.05) is 26.0 Å². The second-order valence-electron chi connectivity index (χ2n) is 5.68. The molecule has 1 aromatic rings. The molecule has 0 radical (unpaired) electrons. The number of nitrogens with zero attached hydrogens (tertiary/aromatic N) is 2. The maximum absolute atomic E-state index is 5.83. The molecule has 0 aliphatic rings. The quantitative estimate of drug-likeness (QED) is 0.753. The standard InChI is InChI=1S/C15H27N3/c1-13(2)11-18(9-8-17(3)4)12-14-6-5-7-15(16)10-14/h5-7,10,13H,8-9,11-12,16H2,1-4H3. The zero-order valence-corrected chi connectivity index (χ0v) is 12.2. The molecule has 1 aromatic carbocycles. The molecule has 0 aliphatic heterocycles. The zero-order chi connectivity index (χ0) is 13.5. The molecule has 0 bridgehead atoms. The lowest BCUT2D eigenvalue weighted by Crippen LogP contribution is -2.34. The molecule has 3 heteroatoms. The first-order chi connectivity index (χ1) is 8.47. The molecule has 0 aliphatic carbocycles. The van der Waals surface area contributed by atoms with Crippen LogP contribution in [0, 0.1) is 5.92 Å². The predicted molar refractivity (Wildman–Crippen MR) is 79.5 cm³/mol. The first kappa shape index (κ1) is 15.0. The number of likely N-dealkylation sites (N-methyl/N-ethyl adjacent to an activating group) is 1. The summed E-state index contributed by atoms with van der Waals surface area (Å²) in [4.78, 5) is 4.73. The third-order valence-corrected chi connectivity index (χ3v) is 2.84. The second kappa shape index (κ2) is 7.39. The third kappa shape index (κ3) is 6.03. The maximum Gasteiger partial charge on any atom is 0.0317 e. The van der Waals surface area contributed by atoms with E-state index in [9.17, 15) is 0 Å². The van der Waals surface area contributed by atoms with E-state index in [1.54, 1.807) is 0 Å². The molecule has 0 atom stereocenters. The summed E-state index contributed by atoms with van der Waals surface area (Å²) >= 11 is 0. The fraction of sp³-hybridized carbons (Fsp3) is 0.600. The summed E-state index contributed by atoms with van der Waals surface area (Å²) in [5, 5.41) is 0. The molecule has 0 amide bonds. The lowest BCUT2D eigenvalue weighted by Gasteiger charge is -2.26. The van der Waals surface area contributed by atoms with Crippen LogP contribution in [0.15, 0.2) is 24.3 Å². The van der Waals surface area contributed by atoms with Crippen molar-refractivity contribution in [1.29, 1.82) is 0 Å². The number of hydrogen-bond donors (Lipinski definition) is 1. The summed E-state index contributed by atoms with van der Waals surface area (Å²) in [5.74, 6) is 0.688. The van der Waals surface area contributed by atoms with Gasteiger partial charge < -0.3 is 10.6 Å². The molecule has 102 valence electrons. The van der Waals surface area contributed by atoms with Gasteiger partial charge >= 0.3 is 0 Å². The van der Waals surface area contributed by atoms with Crippen molar-refractivity contribution in [3.63, 3.8) is 0 Å². The fourth-order valence-corrected chi connectivity index (χ4v) is 2.04. The van der Waals surface area contributed by atoms with E-state index in [0.717, 1.165) is 31.9 Å². The number of hydrogen-bond acceptors (Lipinski definition) is 3. The number of anilines is 1. The lowest BCUT2D eigenvalue weighted by molar-refractivity contribution is 0.212. The van der Waals surface area contributed by atoms with E-state index in [2.05, 4.69) is 49.9 Å². The van der Waals surface area contributed by atoms with Crippen LogP contribution in [0.2, 0.25) is 0 Å². The Kier molecular flexibility index (Phi) is 6.16. The first-order valence-corrected chi connectivity index (χ1v) is 6.69. The highest BCUT2D eigenvalue weighted by molar-refractivity contribution is 5.40. The van der Waals surface area contributed by atoms with E-state index in [1.165, 1.54) is 5.56 Å². The average Bonchev–Trinajstić information content (AvgIpc) is 2.25. The van der Waals surface area contributed by atoms with Gasteiger partial charge in [0.25, 0.3) is 0 Å². The van der Waals surface area contributed by atoms with Gasteiger partial charge in [-0.05, 0) is 37.7 Å². The topological polar surface area (TPSA) is 32.5 Å². The van der Waals surface area contributed by atoms with E-state index < -0.39 is 0 Å². The van der Waals surface area contributed by atoms with Crippen molar-refractivity contribution in [2.24, 2.45) is 5.92 Å². The summed E-state index contributed by atoms with van der Waals surface area (Å²) in [5.41, 5.74) is 7.98. The molecular weight excluding hydrogens is 222 g/mol. The Morgan fingerprint density at radius 1 is 1.17 bits per heavy atom. The minimum atomic E-state index is 0.688. The van der Waals surface area contributed by atoms with Crippen LogP contribution in [0.1, 0.15) is 19.4 Å². The van der Waals surface area contributed by atoms with Crippen LogP contribution in [-0.2, 0) is 6.54 Å². The maximum atomic E-state index is 5.83. The van der Waals surface area contributed by atoms with Crippen molar-refractivity contribution in [2.75, 3.05) is 39.5 Å². The molecule has 0 fully saturated rings. The van der Waals surface area contributed by atoms with E-state index >= 15 is 0 Å². The monoisotopic (exact) mass is 249 g/mol. The van der Waals surface area contributed by atoms with E-state index in [4.69, 9.17) is 5.73 Å². The highest BCUT2D eigenvalue weighted by atomic mass is 15.2. The van der Waals surface area contributed by atoms with Gasteiger partial charge in [0.15, 0.2) is 0 Å². The number of nitrogen functional groups attached to an aromatic ring is 1. The van der Waals surface area contributed by atoms with Crippen LogP contribution in [0.25, 0.3) is 0 Å². The molecule has 0 aromatic heterocycles. The largest absolute Gasteiger partial charge is 0.399 e. The molecule has 1 rings (SSSR count). The molecule has 0 spiro atoms.